The molecule has 4 heteroatoms. The van der Waals surface area contributed by atoms with E-state index in [0.29, 0.717) is 12.6 Å². The van der Waals surface area contributed by atoms with Gasteiger partial charge in [-0.3, -0.25) is 0 Å². The van der Waals surface area contributed by atoms with Gasteiger partial charge in [0.05, 0.1) is 25.1 Å². The third kappa shape index (κ3) is 2.82. The number of hydrogen-bond donors (Lipinski definition) is 1. The van der Waals surface area contributed by atoms with Crippen LogP contribution in [-0.4, -0.2) is 33.4 Å². The molecule has 1 aliphatic carbocycles. The maximum atomic E-state index is 6.04. The van der Waals surface area contributed by atoms with Crippen LogP contribution in [0.3, 0.4) is 0 Å². The Morgan fingerprint density at radius 3 is 2.71 bits per heavy atom. The summed E-state index contributed by atoms with van der Waals surface area (Å²) in [5, 5.41) is 0. The lowest BCUT2D eigenvalue weighted by atomic mass is 10.2. The normalized spacial score (nSPS) is 14.7. The molecule has 4 nitrogen and oxygen atoms in total. The second-order valence-corrected chi connectivity index (χ2v) is 4.34. The Hall–Kier alpha value is -1.42. The van der Waals surface area contributed by atoms with Crippen LogP contribution >= 0.6 is 0 Å². The van der Waals surface area contributed by atoms with E-state index < -0.39 is 0 Å². The highest BCUT2D eigenvalue weighted by Crippen LogP contribution is 2.36. The predicted octanol–water partition coefficient (Wildman–Crippen LogP) is 1.89. The largest absolute Gasteiger partial charge is 0.497 e. The smallest absolute Gasteiger partial charge is 0.121 e. The van der Waals surface area contributed by atoms with Crippen LogP contribution in [0.4, 0.5) is 11.4 Å². The second-order valence-electron chi connectivity index (χ2n) is 4.34. The topological polar surface area (TPSA) is 47.7 Å². The number of nitrogens with two attached hydrogens (primary N) is 1. The van der Waals surface area contributed by atoms with Gasteiger partial charge in [-0.25, -0.2) is 0 Å². The minimum atomic E-state index is 0.611. The van der Waals surface area contributed by atoms with E-state index in [0.717, 1.165) is 23.7 Å². The van der Waals surface area contributed by atoms with Crippen LogP contribution < -0.4 is 15.4 Å². The average Bonchev–Trinajstić information content (AvgIpc) is 3.16. The van der Waals surface area contributed by atoms with Crippen molar-refractivity contribution in [1.29, 1.82) is 0 Å². The van der Waals surface area contributed by atoms with Crippen molar-refractivity contribution >= 4 is 11.4 Å². The molecule has 94 valence electrons. The average molecular weight is 236 g/mol. The number of methoxy groups -OCH3 is 2. The molecule has 0 bridgehead atoms. The predicted molar refractivity (Wildman–Crippen MR) is 69.7 cm³/mol. The Balaban J connectivity index is 2.21. The van der Waals surface area contributed by atoms with Gasteiger partial charge in [-0.1, -0.05) is 0 Å². The molecule has 2 N–H and O–H groups in total. The summed E-state index contributed by atoms with van der Waals surface area (Å²) in [4.78, 5) is 2.32. The first-order valence-electron chi connectivity index (χ1n) is 5.95. The lowest BCUT2D eigenvalue weighted by Crippen LogP contribution is -2.30. The lowest BCUT2D eigenvalue weighted by Gasteiger charge is -2.26. The van der Waals surface area contributed by atoms with Gasteiger partial charge < -0.3 is 20.1 Å². The Kier molecular flexibility index (Phi) is 3.74. The van der Waals surface area contributed by atoms with Crippen molar-refractivity contribution in [1.82, 2.24) is 0 Å². The molecule has 1 aromatic carbocycles. The molecule has 2 rings (SSSR count). The highest BCUT2D eigenvalue weighted by atomic mass is 16.5. The molecule has 0 amide bonds. The zero-order valence-corrected chi connectivity index (χ0v) is 10.5. The van der Waals surface area contributed by atoms with Gasteiger partial charge in [-0.15, -0.1) is 0 Å². The van der Waals surface area contributed by atoms with Crippen molar-refractivity contribution in [2.75, 3.05) is 38.0 Å². The zero-order chi connectivity index (χ0) is 12.3. The number of ether oxygens (including phenoxy) is 2. The number of benzene rings is 1. The molecule has 1 aliphatic rings. The zero-order valence-electron chi connectivity index (χ0n) is 10.5. The third-order valence-electron chi connectivity index (χ3n) is 3.07. The molecular formula is C13H20N2O2. The van der Waals surface area contributed by atoms with Gasteiger partial charge >= 0.3 is 0 Å². The molecule has 0 aliphatic heterocycles. The molecule has 1 aromatic rings. The first-order chi connectivity index (χ1) is 8.26. The summed E-state index contributed by atoms with van der Waals surface area (Å²) in [6, 6.07) is 6.40. The monoisotopic (exact) mass is 236 g/mol. The number of anilines is 2. The number of nitrogen functional groups attached to an aromatic ring is 1. The van der Waals surface area contributed by atoms with Gasteiger partial charge in [0, 0.05) is 25.8 Å². The summed E-state index contributed by atoms with van der Waals surface area (Å²) in [7, 11) is 3.39. The Morgan fingerprint density at radius 1 is 1.35 bits per heavy atom. The fourth-order valence-corrected chi connectivity index (χ4v) is 1.97. The summed E-state index contributed by atoms with van der Waals surface area (Å²) in [5.74, 6) is 0.845. The highest BCUT2D eigenvalue weighted by Gasteiger charge is 2.30. The van der Waals surface area contributed by atoms with E-state index in [4.69, 9.17) is 15.2 Å². The molecule has 0 radical (unpaired) electrons. The molecule has 0 heterocycles. The van der Waals surface area contributed by atoms with Gasteiger partial charge in [-0.2, -0.15) is 0 Å². The van der Waals surface area contributed by atoms with Crippen molar-refractivity contribution in [3.05, 3.63) is 18.2 Å². The van der Waals surface area contributed by atoms with Crippen LogP contribution in [0.25, 0.3) is 0 Å². The summed E-state index contributed by atoms with van der Waals surface area (Å²) in [6.07, 6.45) is 2.47. The van der Waals surface area contributed by atoms with Crippen molar-refractivity contribution in [2.24, 2.45) is 0 Å². The molecule has 17 heavy (non-hydrogen) atoms. The lowest BCUT2D eigenvalue weighted by molar-refractivity contribution is 0.205. The van der Waals surface area contributed by atoms with Crippen LogP contribution in [-0.2, 0) is 4.74 Å². The minimum Gasteiger partial charge on any atom is -0.497 e. The molecule has 0 saturated heterocycles. The molecule has 0 unspecified atom stereocenters. The van der Waals surface area contributed by atoms with E-state index in [2.05, 4.69) is 4.90 Å². The third-order valence-corrected chi connectivity index (χ3v) is 3.07. The first-order valence-corrected chi connectivity index (χ1v) is 5.95. The second kappa shape index (κ2) is 5.27. The molecule has 0 atom stereocenters. The van der Waals surface area contributed by atoms with Gasteiger partial charge in [-0.05, 0) is 25.0 Å². The minimum absolute atomic E-state index is 0.611. The molecule has 0 spiro atoms. The van der Waals surface area contributed by atoms with E-state index in [-0.39, 0.29) is 0 Å². The van der Waals surface area contributed by atoms with Crippen LogP contribution in [0.2, 0.25) is 0 Å². The first kappa shape index (κ1) is 12.0. The van der Waals surface area contributed by atoms with E-state index in [1.54, 1.807) is 14.2 Å². The van der Waals surface area contributed by atoms with Gasteiger partial charge in [0.1, 0.15) is 5.75 Å². The van der Waals surface area contributed by atoms with Gasteiger partial charge in [0.15, 0.2) is 0 Å². The fourth-order valence-electron chi connectivity index (χ4n) is 1.97. The molecular weight excluding hydrogens is 216 g/mol. The van der Waals surface area contributed by atoms with E-state index in [9.17, 15) is 0 Å². The maximum absolute atomic E-state index is 6.04. The van der Waals surface area contributed by atoms with Crippen molar-refractivity contribution in [2.45, 2.75) is 18.9 Å². The number of hydrogen-bond acceptors (Lipinski definition) is 4. The van der Waals surface area contributed by atoms with Crippen LogP contribution in [0, 0.1) is 0 Å². The van der Waals surface area contributed by atoms with Crippen LogP contribution in [0.15, 0.2) is 18.2 Å². The summed E-state index contributed by atoms with van der Waals surface area (Å²) in [5.41, 5.74) is 7.90. The Bertz CT molecular complexity index is 378. The van der Waals surface area contributed by atoms with E-state index >= 15 is 0 Å². The Morgan fingerprint density at radius 2 is 2.12 bits per heavy atom. The van der Waals surface area contributed by atoms with Crippen LogP contribution in [0.1, 0.15) is 12.8 Å². The van der Waals surface area contributed by atoms with E-state index in [1.807, 2.05) is 18.2 Å². The standard InChI is InChI=1S/C13H20N2O2/c1-16-8-7-15(10-3-4-10)13-9-11(17-2)5-6-12(13)14/h5-6,9-10H,3-4,7-8,14H2,1-2H3. The summed E-state index contributed by atoms with van der Waals surface area (Å²) >= 11 is 0. The SMILES string of the molecule is COCCN(c1cc(OC)ccc1N)C1CC1. The van der Waals surface area contributed by atoms with Crippen molar-refractivity contribution < 1.29 is 9.47 Å². The quantitative estimate of drug-likeness (QED) is 0.766. The van der Waals surface area contributed by atoms with Crippen molar-refractivity contribution in [3.8, 4) is 5.75 Å². The fraction of sp³-hybridized carbons (Fsp3) is 0.538. The number of nitrogens with zero attached hydrogens (tertiary/aromatic N) is 1. The van der Waals surface area contributed by atoms with Crippen LogP contribution in [0.5, 0.6) is 5.75 Å². The van der Waals surface area contributed by atoms with E-state index in [1.165, 1.54) is 12.8 Å². The summed E-state index contributed by atoms with van der Waals surface area (Å²) in [6.45, 7) is 1.59. The van der Waals surface area contributed by atoms with Gasteiger partial charge in [0.2, 0.25) is 0 Å². The summed E-state index contributed by atoms with van der Waals surface area (Å²) < 4.78 is 10.4. The number of rotatable bonds is 6. The molecule has 1 saturated carbocycles. The van der Waals surface area contributed by atoms with Gasteiger partial charge in [0.25, 0.3) is 0 Å². The molecule has 1 fully saturated rings. The maximum Gasteiger partial charge on any atom is 0.121 e. The highest BCUT2D eigenvalue weighted by molar-refractivity contribution is 5.70. The molecule has 0 aromatic heterocycles. The van der Waals surface area contributed by atoms with Crippen molar-refractivity contribution in [3.63, 3.8) is 0 Å². The Labute approximate surface area is 102 Å².